The largest absolute Gasteiger partial charge is 0.481 e. The van der Waals surface area contributed by atoms with E-state index in [0.717, 1.165) is 43.0 Å². The Bertz CT molecular complexity index is 897. The van der Waals surface area contributed by atoms with Crippen molar-refractivity contribution >= 4 is 28.3 Å². The third-order valence-corrected chi connectivity index (χ3v) is 8.03. The average Bonchev–Trinajstić information content (AvgIpc) is 3.26. The van der Waals surface area contributed by atoms with Crippen LogP contribution in [0.4, 0.5) is 5.13 Å². The molecule has 2 aliphatic rings. The molecule has 2 N–H and O–H groups in total. The summed E-state index contributed by atoms with van der Waals surface area (Å²) in [5, 5.41) is 21.8. The standard InChI is InChI=1S/C25H33N3O3S/c29-23(30)16-18-6-9-19(10-7-18)20-11-13-21(14-12-20)24(31)26-25-28-27-22(32-25)15-8-17-4-2-1-3-5-17/h11-14,17-19H,1-10,15-16H2,(H,29,30)(H,26,28,31)/t18-,19-. The zero-order valence-electron chi connectivity index (χ0n) is 18.6. The first-order chi connectivity index (χ1) is 15.6. The number of carboxylic acid groups (broad SMARTS) is 1. The fourth-order valence-electron chi connectivity index (χ4n) is 5.23. The van der Waals surface area contributed by atoms with Gasteiger partial charge in [-0.2, -0.15) is 0 Å². The molecule has 2 aromatic rings. The number of carbonyl (C=O) groups is 2. The van der Waals surface area contributed by atoms with Gasteiger partial charge in [0.25, 0.3) is 5.91 Å². The van der Waals surface area contributed by atoms with Gasteiger partial charge in [0.2, 0.25) is 5.13 Å². The molecule has 0 aliphatic heterocycles. The highest BCUT2D eigenvalue weighted by Crippen LogP contribution is 2.37. The molecule has 0 atom stereocenters. The fraction of sp³-hybridized carbons (Fsp3) is 0.600. The Balaban J connectivity index is 1.25. The highest BCUT2D eigenvalue weighted by molar-refractivity contribution is 7.15. The van der Waals surface area contributed by atoms with Crippen LogP contribution in [0.1, 0.15) is 97.5 Å². The fourth-order valence-corrected chi connectivity index (χ4v) is 5.98. The zero-order valence-corrected chi connectivity index (χ0v) is 19.4. The summed E-state index contributed by atoms with van der Waals surface area (Å²) in [6.07, 6.45) is 13.1. The molecule has 1 heterocycles. The van der Waals surface area contributed by atoms with Crippen LogP contribution in [0.15, 0.2) is 24.3 Å². The summed E-state index contributed by atoms with van der Waals surface area (Å²) in [6, 6.07) is 7.82. The van der Waals surface area contributed by atoms with Crippen molar-refractivity contribution in [2.24, 2.45) is 11.8 Å². The Labute approximate surface area is 193 Å². The van der Waals surface area contributed by atoms with E-state index in [2.05, 4.69) is 15.5 Å². The molecule has 2 saturated carbocycles. The van der Waals surface area contributed by atoms with Crippen molar-refractivity contribution in [2.75, 3.05) is 5.32 Å². The van der Waals surface area contributed by atoms with Crippen molar-refractivity contribution < 1.29 is 14.7 Å². The van der Waals surface area contributed by atoms with Gasteiger partial charge in [0.1, 0.15) is 5.01 Å². The van der Waals surface area contributed by atoms with Crippen molar-refractivity contribution in [1.29, 1.82) is 0 Å². The molecule has 0 unspecified atom stereocenters. The summed E-state index contributed by atoms with van der Waals surface area (Å²) in [7, 11) is 0. The topological polar surface area (TPSA) is 92.2 Å². The third-order valence-electron chi connectivity index (χ3n) is 7.13. The summed E-state index contributed by atoms with van der Waals surface area (Å²) in [4.78, 5) is 23.5. The van der Waals surface area contributed by atoms with Gasteiger partial charge in [-0.25, -0.2) is 0 Å². The van der Waals surface area contributed by atoms with Crippen LogP contribution in [-0.2, 0) is 11.2 Å². The van der Waals surface area contributed by atoms with Gasteiger partial charge in [-0.1, -0.05) is 55.6 Å². The summed E-state index contributed by atoms with van der Waals surface area (Å²) in [5.74, 6) is 0.712. The molecule has 172 valence electrons. The van der Waals surface area contributed by atoms with E-state index >= 15 is 0 Å². The highest BCUT2D eigenvalue weighted by atomic mass is 32.1. The van der Waals surface area contributed by atoms with E-state index in [4.69, 9.17) is 5.11 Å². The zero-order chi connectivity index (χ0) is 22.3. The van der Waals surface area contributed by atoms with E-state index in [1.807, 2.05) is 24.3 Å². The van der Waals surface area contributed by atoms with E-state index in [9.17, 15) is 9.59 Å². The Morgan fingerprint density at radius 1 is 0.938 bits per heavy atom. The normalized spacial score (nSPS) is 21.9. The molecule has 1 aromatic heterocycles. The number of aryl methyl sites for hydroxylation is 1. The number of carbonyl (C=O) groups excluding carboxylic acids is 1. The lowest BCUT2D eigenvalue weighted by molar-refractivity contribution is -0.138. The van der Waals surface area contributed by atoms with E-state index < -0.39 is 5.97 Å². The molecule has 0 saturated heterocycles. The molecular weight excluding hydrogens is 422 g/mol. The minimum Gasteiger partial charge on any atom is -0.481 e. The Morgan fingerprint density at radius 2 is 1.66 bits per heavy atom. The number of carboxylic acids is 1. The molecule has 6 nitrogen and oxygen atoms in total. The van der Waals surface area contributed by atoms with Crippen LogP contribution in [0.2, 0.25) is 0 Å². The number of hydrogen-bond donors (Lipinski definition) is 2. The SMILES string of the molecule is O=C(O)C[C@H]1CC[C@H](c2ccc(C(=O)Nc3nnc(CCC4CCCCC4)s3)cc2)CC1. The van der Waals surface area contributed by atoms with E-state index in [-0.39, 0.29) is 12.3 Å². The molecule has 4 rings (SSSR count). The van der Waals surface area contributed by atoms with Crippen molar-refractivity contribution in [1.82, 2.24) is 10.2 Å². The summed E-state index contributed by atoms with van der Waals surface area (Å²) >= 11 is 1.48. The monoisotopic (exact) mass is 455 g/mol. The highest BCUT2D eigenvalue weighted by Gasteiger charge is 2.24. The van der Waals surface area contributed by atoms with Crippen LogP contribution in [0.3, 0.4) is 0 Å². The number of rotatable bonds is 8. The van der Waals surface area contributed by atoms with Crippen LogP contribution in [0, 0.1) is 11.8 Å². The summed E-state index contributed by atoms with van der Waals surface area (Å²) in [6.45, 7) is 0. The molecule has 32 heavy (non-hydrogen) atoms. The Kier molecular flexibility index (Phi) is 7.90. The third kappa shape index (κ3) is 6.37. The van der Waals surface area contributed by atoms with Gasteiger partial charge >= 0.3 is 5.97 Å². The lowest BCUT2D eigenvalue weighted by atomic mass is 9.77. The van der Waals surface area contributed by atoms with Crippen molar-refractivity contribution in [2.45, 2.75) is 83.0 Å². The molecule has 0 spiro atoms. The van der Waals surface area contributed by atoms with Gasteiger partial charge in [-0.15, -0.1) is 10.2 Å². The lowest BCUT2D eigenvalue weighted by Crippen LogP contribution is -2.16. The average molecular weight is 456 g/mol. The number of benzene rings is 1. The van der Waals surface area contributed by atoms with E-state index in [0.29, 0.717) is 22.5 Å². The first-order valence-electron chi connectivity index (χ1n) is 12.0. The number of anilines is 1. The number of hydrogen-bond acceptors (Lipinski definition) is 5. The molecule has 1 aromatic carbocycles. The second-order valence-corrected chi connectivity index (χ2v) is 10.5. The lowest BCUT2D eigenvalue weighted by Gasteiger charge is -2.28. The van der Waals surface area contributed by atoms with Crippen LogP contribution in [0.25, 0.3) is 0 Å². The van der Waals surface area contributed by atoms with Crippen molar-refractivity contribution in [3.8, 4) is 0 Å². The van der Waals surface area contributed by atoms with Crippen LogP contribution < -0.4 is 5.32 Å². The molecule has 0 bridgehead atoms. The molecule has 0 radical (unpaired) electrons. The molecule has 1 amide bonds. The van der Waals surface area contributed by atoms with Gasteiger partial charge in [0.15, 0.2) is 0 Å². The van der Waals surface area contributed by atoms with Crippen molar-refractivity contribution in [3.05, 3.63) is 40.4 Å². The molecule has 2 fully saturated rings. The van der Waals surface area contributed by atoms with E-state index in [1.165, 1.54) is 55.4 Å². The molecule has 7 heteroatoms. The maximum atomic E-state index is 12.6. The number of nitrogens with zero attached hydrogens (tertiary/aromatic N) is 2. The second kappa shape index (κ2) is 11.0. The van der Waals surface area contributed by atoms with E-state index in [1.54, 1.807) is 0 Å². The molecular formula is C25H33N3O3S. The van der Waals surface area contributed by atoms with Gasteiger partial charge < -0.3 is 5.11 Å². The maximum Gasteiger partial charge on any atom is 0.303 e. The first kappa shape index (κ1) is 22.9. The Morgan fingerprint density at radius 3 is 2.34 bits per heavy atom. The van der Waals surface area contributed by atoms with Crippen LogP contribution in [0.5, 0.6) is 0 Å². The van der Waals surface area contributed by atoms with Crippen LogP contribution >= 0.6 is 11.3 Å². The van der Waals surface area contributed by atoms with Crippen molar-refractivity contribution in [3.63, 3.8) is 0 Å². The summed E-state index contributed by atoms with van der Waals surface area (Å²) in [5.41, 5.74) is 1.85. The van der Waals surface area contributed by atoms with Gasteiger partial charge in [-0.3, -0.25) is 14.9 Å². The van der Waals surface area contributed by atoms with Gasteiger partial charge in [0.05, 0.1) is 0 Å². The van der Waals surface area contributed by atoms with Crippen LogP contribution in [-0.4, -0.2) is 27.2 Å². The summed E-state index contributed by atoms with van der Waals surface area (Å²) < 4.78 is 0. The Hall–Kier alpha value is -2.28. The molecule has 2 aliphatic carbocycles. The predicted octanol–water partition coefficient (Wildman–Crippen LogP) is 6.05. The number of amides is 1. The number of aliphatic carboxylic acids is 1. The smallest absolute Gasteiger partial charge is 0.303 e. The second-order valence-electron chi connectivity index (χ2n) is 9.44. The van der Waals surface area contributed by atoms with Gasteiger partial charge in [-0.05, 0) is 67.6 Å². The number of aromatic nitrogens is 2. The first-order valence-corrected chi connectivity index (χ1v) is 12.8. The predicted molar refractivity (Wildman–Crippen MR) is 126 cm³/mol. The maximum absolute atomic E-state index is 12.6. The minimum atomic E-state index is -0.699. The quantitative estimate of drug-likeness (QED) is 0.505. The minimum absolute atomic E-state index is 0.156. The van der Waals surface area contributed by atoms with Gasteiger partial charge in [0, 0.05) is 18.4 Å². The number of nitrogens with one attached hydrogen (secondary N) is 1.